The van der Waals surface area contributed by atoms with Gasteiger partial charge in [0.25, 0.3) is 0 Å². The Morgan fingerprint density at radius 1 is 1.28 bits per heavy atom. The monoisotopic (exact) mass is 376 g/mol. The Morgan fingerprint density at radius 2 is 1.89 bits per heavy atom. The van der Waals surface area contributed by atoms with E-state index in [2.05, 4.69) is 31.9 Å². The number of rotatable bonds is 2. The van der Waals surface area contributed by atoms with Crippen LogP contribution in [0.2, 0.25) is 0 Å². The molecular formula is C11H10Br2N2O3. The Balaban J connectivity index is 2.29. The maximum absolute atomic E-state index is 11.9. The van der Waals surface area contributed by atoms with Crippen molar-refractivity contribution in [2.45, 2.75) is 18.9 Å². The van der Waals surface area contributed by atoms with Crippen molar-refractivity contribution < 1.29 is 9.72 Å². The van der Waals surface area contributed by atoms with Gasteiger partial charge in [-0.2, -0.15) is 0 Å². The van der Waals surface area contributed by atoms with Gasteiger partial charge in [0.1, 0.15) is 0 Å². The molecular weight excluding hydrogens is 368 g/mol. The highest BCUT2D eigenvalue weighted by Crippen LogP contribution is 2.28. The second-order valence-corrected chi connectivity index (χ2v) is 5.94. The summed E-state index contributed by atoms with van der Waals surface area (Å²) in [5, 5.41) is 10.8. The molecule has 2 rings (SSSR count). The number of anilines is 1. The van der Waals surface area contributed by atoms with E-state index in [1.165, 1.54) is 4.90 Å². The molecule has 0 N–H and O–H groups in total. The molecule has 1 aromatic rings. The lowest BCUT2D eigenvalue weighted by atomic mass is 10.0. The van der Waals surface area contributed by atoms with Crippen LogP contribution < -0.4 is 4.90 Å². The maximum atomic E-state index is 11.9. The van der Waals surface area contributed by atoms with Crippen LogP contribution in [0, 0.1) is 10.1 Å². The number of hydrogen-bond acceptors (Lipinski definition) is 3. The first-order valence-corrected chi connectivity index (χ1v) is 6.96. The molecule has 1 aliphatic heterocycles. The molecule has 0 aromatic heterocycles. The lowest BCUT2D eigenvalue weighted by molar-refractivity contribution is -0.520. The van der Waals surface area contributed by atoms with E-state index < -0.39 is 6.04 Å². The lowest BCUT2D eigenvalue weighted by Crippen LogP contribution is -2.45. The molecule has 0 bridgehead atoms. The quantitative estimate of drug-likeness (QED) is 0.587. The van der Waals surface area contributed by atoms with Crippen molar-refractivity contribution in [1.82, 2.24) is 0 Å². The summed E-state index contributed by atoms with van der Waals surface area (Å²) < 4.78 is 1.64. The van der Waals surface area contributed by atoms with Crippen molar-refractivity contribution >= 4 is 43.5 Å². The molecule has 7 heteroatoms. The van der Waals surface area contributed by atoms with E-state index in [1.54, 1.807) is 12.1 Å². The highest BCUT2D eigenvalue weighted by atomic mass is 79.9. The molecule has 1 amide bonds. The summed E-state index contributed by atoms with van der Waals surface area (Å²) in [4.78, 5) is 23.8. The van der Waals surface area contributed by atoms with Crippen LogP contribution in [0.4, 0.5) is 5.69 Å². The average molecular weight is 378 g/mol. The lowest BCUT2D eigenvalue weighted by Gasteiger charge is -2.28. The number of nitrogens with zero attached hydrogens (tertiary/aromatic N) is 2. The molecule has 18 heavy (non-hydrogen) atoms. The van der Waals surface area contributed by atoms with Gasteiger partial charge in [0.05, 0.1) is 6.54 Å². The third-order valence-electron chi connectivity index (χ3n) is 2.84. The van der Waals surface area contributed by atoms with Crippen LogP contribution in [0.15, 0.2) is 27.1 Å². The topological polar surface area (TPSA) is 63.4 Å². The van der Waals surface area contributed by atoms with Gasteiger partial charge in [0.2, 0.25) is 11.9 Å². The van der Waals surface area contributed by atoms with Crippen LogP contribution in [0.1, 0.15) is 12.8 Å². The summed E-state index contributed by atoms with van der Waals surface area (Å²) in [5.74, 6) is -0.0712. The average Bonchev–Trinajstić information content (AvgIpc) is 2.27. The molecule has 0 saturated carbocycles. The number of piperidine rings is 1. The summed E-state index contributed by atoms with van der Waals surface area (Å²) in [6.07, 6.45) is 0.535. The van der Waals surface area contributed by atoms with Gasteiger partial charge in [0.15, 0.2) is 0 Å². The van der Waals surface area contributed by atoms with Gasteiger partial charge in [-0.05, 0) is 18.2 Å². The fourth-order valence-corrected chi connectivity index (χ4v) is 3.22. The first kappa shape index (κ1) is 13.5. The van der Waals surface area contributed by atoms with E-state index in [1.807, 2.05) is 6.07 Å². The van der Waals surface area contributed by atoms with E-state index in [0.29, 0.717) is 12.1 Å². The minimum atomic E-state index is -0.680. The zero-order valence-corrected chi connectivity index (χ0v) is 12.5. The molecule has 1 atom stereocenters. The van der Waals surface area contributed by atoms with Gasteiger partial charge in [-0.25, -0.2) is 0 Å². The summed E-state index contributed by atoms with van der Waals surface area (Å²) in [6, 6.07) is 4.74. The van der Waals surface area contributed by atoms with E-state index in [9.17, 15) is 14.9 Å². The van der Waals surface area contributed by atoms with Crippen molar-refractivity contribution in [3.63, 3.8) is 0 Å². The van der Waals surface area contributed by atoms with Crippen LogP contribution in [0.5, 0.6) is 0 Å². The molecule has 1 saturated heterocycles. The van der Waals surface area contributed by atoms with Crippen molar-refractivity contribution in [3.8, 4) is 0 Å². The van der Waals surface area contributed by atoms with Crippen molar-refractivity contribution in [3.05, 3.63) is 37.3 Å². The second-order valence-electron chi connectivity index (χ2n) is 4.11. The Bertz CT molecular complexity index is 487. The van der Waals surface area contributed by atoms with Crippen molar-refractivity contribution in [2.75, 3.05) is 11.4 Å². The van der Waals surface area contributed by atoms with Gasteiger partial charge in [-0.15, -0.1) is 0 Å². The number of benzene rings is 1. The molecule has 0 aliphatic carbocycles. The number of carbonyl (C=O) groups excluding carboxylic acids is 1. The summed E-state index contributed by atoms with van der Waals surface area (Å²) in [7, 11) is 0. The summed E-state index contributed by atoms with van der Waals surface area (Å²) >= 11 is 6.68. The van der Waals surface area contributed by atoms with Gasteiger partial charge in [0, 0.05) is 32.4 Å². The highest BCUT2D eigenvalue weighted by molar-refractivity contribution is 9.11. The van der Waals surface area contributed by atoms with Gasteiger partial charge < -0.3 is 4.90 Å². The number of nitro groups is 1. The third-order valence-corrected chi connectivity index (χ3v) is 3.76. The van der Waals surface area contributed by atoms with Gasteiger partial charge in [-0.3, -0.25) is 14.9 Å². The van der Waals surface area contributed by atoms with Crippen LogP contribution >= 0.6 is 31.9 Å². The van der Waals surface area contributed by atoms with E-state index in [-0.39, 0.29) is 23.8 Å². The number of amides is 1. The summed E-state index contributed by atoms with van der Waals surface area (Å²) in [6.45, 7) is 0.134. The van der Waals surface area contributed by atoms with Crippen molar-refractivity contribution in [1.29, 1.82) is 0 Å². The van der Waals surface area contributed by atoms with Crippen LogP contribution in [0.25, 0.3) is 0 Å². The Labute approximate surface area is 121 Å². The smallest absolute Gasteiger partial charge is 0.231 e. The molecule has 1 aliphatic rings. The molecule has 96 valence electrons. The maximum Gasteiger partial charge on any atom is 0.231 e. The summed E-state index contributed by atoms with van der Waals surface area (Å²) in [5.41, 5.74) is 0.674. The molecule has 1 unspecified atom stereocenters. The fourth-order valence-electron chi connectivity index (χ4n) is 1.95. The predicted molar refractivity (Wildman–Crippen MR) is 74.2 cm³/mol. The molecule has 1 heterocycles. The van der Waals surface area contributed by atoms with Crippen LogP contribution in [-0.4, -0.2) is 23.4 Å². The Kier molecular flexibility index (Phi) is 4.01. The van der Waals surface area contributed by atoms with E-state index in [0.717, 1.165) is 8.95 Å². The zero-order chi connectivity index (χ0) is 13.3. The normalized spacial score (nSPS) is 20.0. The zero-order valence-electron chi connectivity index (χ0n) is 9.31. The number of halogens is 2. The standard InChI is InChI=1S/C11H10Br2N2O3/c12-7-3-8(13)5-10(4-7)14-6-9(15(17)18)1-2-11(14)16/h3-5,9H,1-2,6H2. The first-order valence-electron chi connectivity index (χ1n) is 5.37. The minimum absolute atomic E-state index is 0.0712. The molecule has 5 nitrogen and oxygen atoms in total. The Hall–Kier alpha value is -0.950. The number of carbonyl (C=O) groups is 1. The largest absolute Gasteiger partial charge is 0.305 e. The van der Waals surface area contributed by atoms with Crippen molar-refractivity contribution in [2.24, 2.45) is 0 Å². The first-order chi connectivity index (χ1) is 8.47. The highest BCUT2D eigenvalue weighted by Gasteiger charge is 2.33. The van der Waals surface area contributed by atoms with E-state index in [4.69, 9.17) is 0 Å². The SMILES string of the molecule is O=C1CCC([N+](=O)[O-])CN1c1cc(Br)cc(Br)c1. The predicted octanol–water partition coefficient (Wildman–Crippen LogP) is 2.98. The van der Waals surface area contributed by atoms with Gasteiger partial charge >= 0.3 is 0 Å². The number of hydrogen-bond donors (Lipinski definition) is 0. The van der Waals surface area contributed by atoms with E-state index >= 15 is 0 Å². The molecule has 0 spiro atoms. The Morgan fingerprint density at radius 3 is 2.44 bits per heavy atom. The molecule has 1 aromatic carbocycles. The second kappa shape index (κ2) is 5.36. The molecule has 0 radical (unpaired) electrons. The fraction of sp³-hybridized carbons (Fsp3) is 0.364. The minimum Gasteiger partial charge on any atom is -0.305 e. The third kappa shape index (κ3) is 2.89. The van der Waals surface area contributed by atoms with Crippen LogP contribution in [0.3, 0.4) is 0 Å². The van der Waals surface area contributed by atoms with Gasteiger partial charge in [-0.1, -0.05) is 31.9 Å². The molecule has 1 fully saturated rings. The van der Waals surface area contributed by atoms with Crippen LogP contribution in [-0.2, 0) is 4.79 Å².